The molecule has 1 unspecified atom stereocenters. The van der Waals surface area contributed by atoms with Gasteiger partial charge in [0.25, 0.3) is 0 Å². The van der Waals surface area contributed by atoms with Gasteiger partial charge in [-0.3, -0.25) is 19.2 Å². The molecule has 3 saturated heterocycles. The second-order valence-electron chi connectivity index (χ2n) is 12.9. The van der Waals surface area contributed by atoms with Crippen LogP contribution in [0.3, 0.4) is 0 Å². The summed E-state index contributed by atoms with van der Waals surface area (Å²) in [5, 5.41) is 12.4. The number of alkyl halides is 1. The number of unbranched alkanes of at least 4 members (excludes halogenated alkanes) is 3. The number of esters is 1. The summed E-state index contributed by atoms with van der Waals surface area (Å²) in [5.74, 6) is -3.18. The lowest BCUT2D eigenvalue weighted by Gasteiger charge is -2.37. The first-order chi connectivity index (χ1) is 22.6. The van der Waals surface area contributed by atoms with Crippen LogP contribution in [0.15, 0.2) is 55.6 Å². The minimum absolute atomic E-state index is 0.0327. The quantitative estimate of drug-likeness (QED) is 0.0938. The molecule has 0 saturated carbocycles. The van der Waals surface area contributed by atoms with E-state index in [0.717, 1.165) is 19.3 Å². The minimum Gasteiger partial charge on any atom is -0.455 e. The maximum absolute atomic E-state index is 14.4. The molecule has 1 aromatic carbocycles. The number of hydrogen-bond donors (Lipinski definition) is 2. The summed E-state index contributed by atoms with van der Waals surface area (Å²) in [4.78, 5) is 58.8. The molecule has 2 bridgehead atoms. The van der Waals surface area contributed by atoms with Gasteiger partial charge in [0.15, 0.2) is 0 Å². The smallest absolute Gasteiger partial charge is 0.313 e. The highest BCUT2D eigenvalue weighted by Crippen LogP contribution is 2.60. The number of benzene rings is 1. The fourth-order valence-corrected chi connectivity index (χ4v) is 8.37. The molecular weight excluding hydrogens is 666 g/mol. The first kappa shape index (κ1) is 36.8. The lowest BCUT2D eigenvalue weighted by atomic mass is 9.70. The van der Waals surface area contributed by atoms with Gasteiger partial charge < -0.3 is 29.7 Å². The molecule has 0 aliphatic carbocycles. The summed E-state index contributed by atoms with van der Waals surface area (Å²) < 4.78 is 12.9. The molecule has 0 aromatic heterocycles. The Bertz CT molecular complexity index is 1280. The van der Waals surface area contributed by atoms with Crippen molar-refractivity contribution in [3.05, 3.63) is 61.2 Å². The molecule has 1 spiro atoms. The zero-order valence-corrected chi connectivity index (χ0v) is 29.2. The summed E-state index contributed by atoms with van der Waals surface area (Å²) in [6, 6.07) is 7.72. The Morgan fingerprint density at radius 2 is 1.94 bits per heavy atom. The van der Waals surface area contributed by atoms with Gasteiger partial charge in [0.1, 0.15) is 17.7 Å². The number of aliphatic hydroxyl groups excluding tert-OH is 1. The third-order valence-corrected chi connectivity index (χ3v) is 10.4. The third-order valence-electron chi connectivity index (χ3n) is 9.58. The number of carbonyl (C=O) groups is 4. The van der Waals surface area contributed by atoms with Crippen molar-refractivity contribution in [2.45, 2.75) is 99.9 Å². The van der Waals surface area contributed by atoms with Crippen LogP contribution in [0.2, 0.25) is 0 Å². The van der Waals surface area contributed by atoms with Crippen LogP contribution in [0.4, 0.5) is 0 Å². The number of carbonyl (C=O) groups excluding carboxylic acids is 4. The second-order valence-corrected chi connectivity index (χ2v) is 14.0. The lowest BCUT2D eigenvalue weighted by Crippen LogP contribution is -2.57. The average molecular weight is 717 g/mol. The highest BCUT2D eigenvalue weighted by atomic mass is 79.9. The summed E-state index contributed by atoms with van der Waals surface area (Å²) in [6.07, 6.45) is 6.79. The molecule has 3 fully saturated rings. The minimum atomic E-state index is -1.22. The lowest BCUT2D eigenvalue weighted by molar-refractivity contribution is -0.162. The number of hydrogen-bond acceptors (Lipinski definition) is 7. The van der Waals surface area contributed by atoms with Crippen molar-refractivity contribution in [1.82, 2.24) is 15.1 Å². The van der Waals surface area contributed by atoms with Gasteiger partial charge >= 0.3 is 5.97 Å². The van der Waals surface area contributed by atoms with Crippen molar-refractivity contribution in [2.75, 3.05) is 26.2 Å². The van der Waals surface area contributed by atoms with E-state index in [-0.39, 0.29) is 42.1 Å². The van der Waals surface area contributed by atoms with Crippen LogP contribution in [0.1, 0.15) is 76.9 Å². The first-order valence-corrected chi connectivity index (χ1v) is 17.8. The molecule has 0 radical (unpaired) electrons. The van der Waals surface area contributed by atoms with Crippen LogP contribution in [0.25, 0.3) is 0 Å². The Balaban J connectivity index is 1.67. The van der Waals surface area contributed by atoms with Crippen LogP contribution in [-0.4, -0.2) is 93.5 Å². The summed E-state index contributed by atoms with van der Waals surface area (Å²) in [7, 11) is 0. The van der Waals surface area contributed by atoms with Gasteiger partial charge in [0, 0.05) is 37.5 Å². The predicted molar refractivity (Wildman–Crippen MR) is 182 cm³/mol. The number of rotatable bonds is 19. The number of ether oxygens (including phenoxy) is 2. The van der Waals surface area contributed by atoms with Crippen LogP contribution < -0.4 is 5.32 Å². The molecule has 47 heavy (non-hydrogen) atoms. The van der Waals surface area contributed by atoms with E-state index < -0.39 is 47.7 Å². The van der Waals surface area contributed by atoms with Gasteiger partial charge in [-0.15, -0.1) is 13.2 Å². The van der Waals surface area contributed by atoms with E-state index in [2.05, 4.69) is 41.3 Å². The maximum Gasteiger partial charge on any atom is 0.313 e. The first-order valence-electron chi connectivity index (χ1n) is 16.9. The third kappa shape index (κ3) is 7.84. The Hall–Kier alpha value is -3.02. The van der Waals surface area contributed by atoms with Gasteiger partial charge in [-0.25, -0.2) is 0 Å². The molecule has 3 aliphatic heterocycles. The van der Waals surface area contributed by atoms with E-state index in [9.17, 15) is 24.3 Å². The molecule has 2 N–H and O–H groups in total. The van der Waals surface area contributed by atoms with Crippen LogP contribution in [0.5, 0.6) is 0 Å². The number of allylic oxidation sites excluding steroid dienone is 1. The number of aliphatic hydroxyl groups is 1. The number of halogens is 1. The van der Waals surface area contributed by atoms with E-state index in [1.54, 1.807) is 28.9 Å². The SMILES string of the molecule is C=CCCC(=O)N[C@H](C)[C@@H](OC(=O)[C@@H]1[C@H]2O[C@@]3(CC2Br)[C@H](C(=O)N(CC=C)CCCCC)N(CCCCO)C(=O)[C@@H]13)c1ccccc1. The van der Waals surface area contributed by atoms with Crippen molar-refractivity contribution in [3.8, 4) is 0 Å². The number of likely N-dealkylation sites (tertiary alicyclic amines) is 1. The largest absolute Gasteiger partial charge is 0.455 e. The highest BCUT2D eigenvalue weighted by molar-refractivity contribution is 9.09. The van der Waals surface area contributed by atoms with Gasteiger partial charge in [0.2, 0.25) is 17.7 Å². The topological polar surface area (TPSA) is 125 Å². The summed E-state index contributed by atoms with van der Waals surface area (Å²) in [6.45, 7) is 12.5. The van der Waals surface area contributed by atoms with Crippen molar-refractivity contribution >= 4 is 39.6 Å². The van der Waals surface area contributed by atoms with Crippen LogP contribution in [-0.2, 0) is 28.7 Å². The fourth-order valence-electron chi connectivity index (χ4n) is 7.43. The Labute approximate surface area is 287 Å². The van der Waals surface area contributed by atoms with Gasteiger partial charge in [-0.2, -0.15) is 0 Å². The molecule has 3 amide bonds. The van der Waals surface area contributed by atoms with Gasteiger partial charge in [0.05, 0.1) is 24.0 Å². The normalized spacial score (nSPS) is 27.2. The Morgan fingerprint density at radius 1 is 1.19 bits per heavy atom. The summed E-state index contributed by atoms with van der Waals surface area (Å²) in [5.41, 5.74) is -0.512. The van der Waals surface area contributed by atoms with E-state index in [0.29, 0.717) is 44.3 Å². The molecule has 8 atom stereocenters. The number of amides is 3. The van der Waals surface area contributed by atoms with Crippen LogP contribution >= 0.6 is 15.9 Å². The van der Waals surface area contributed by atoms with Crippen LogP contribution in [0, 0.1) is 11.8 Å². The highest BCUT2D eigenvalue weighted by Gasteiger charge is 2.77. The maximum atomic E-state index is 14.4. The van der Waals surface area contributed by atoms with Crippen molar-refractivity contribution < 1.29 is 33.8 Å². The average Bonchev–Trinajstić information content (AvgIpc) is 3.65. The predicted octanol–water partition coefficient (Wildman–Crippen LogP) is 4.47. The number of nitrogens with one attached hydrogen (secondary N) is 1. The zero-order chi connectivity index (χ0) is 34.1. The summed E-state index contributed by atoms with van der Waals surface area (Å²) >= 11 is 3.73. The standard InChI is InChI=1S/C36H50BrN3O7/c1-5-8-13-20-39(19-7-3)34(44)32-36-23-26(37)31(47-36)28(29(36)33(43)40(32)21-14-15-22-41)35(45)46-30(25-16-11-10-12-17-25)24(4)38-27(42)18-9-6-2/h6-7,10-12,16-17,24,26,28-32,41H,2-3,5,8-9,13-15,18-23H2,1,4H3,(H,38,42)/t24-,26?,28+,29-,30-,31+,32+,36-/m1/s1. The van der Waals surface area contributed by atoms with E-state index in [1.165, 1.54) is 0 Å². The number of fused-ring (bicyclic) bond motifs is 1. The molecule has 258 valence electrons. The zero-order valence-electron chi connectivity index (χ0n) is 27.7. The fraction of sp³-hybridized carbons (Fsp3) is 0.611. The number of nitrogens with zero attached hydrogens (tertiary/aromatic N) is 2. The Morgan fingerprint density at radius 3 is 2.60 bits per heavy atom. The van der Waals surface area contributed by atoms with Crippen molar-refractivity contribution in [3.63, 3.8) is 0 Å². The van der Waals surface area contributed by atoms with E-state index >= 15 is 0 Å². The van der Waals surface area contributed by atoms with E-state index in [4.69, 9.17) is 9.47 Å². The van der Waals surface area contributed by atoms with E-state index in [1.807, 2.05) is 30.3 Å². The molecule has 4 rings (SSSR count). The van der Waals surface area contributed by atoms with Crippen molar-refractivity contribution in [2.24, 2.45) is 11.8 Å². The monoisotopic (exact) mass is 715 g/mol. The molecule has 11 heteroatoms. The Kier molecular flexibility index (Phi) is 13.2. The van der Waals surface area contributed by atoms with Crippen molar-refractivity contribution in [1.29, 1.82) is 0 Å². The molecular formula is C36H50BrN3O7. The molecule has 3 heterocycles. The van der Waals surface area contributed by atoms with Gasteiger partial charge in [-0.1, -0.05) is 78.2 Å². The molecule has 3 aliphatic rings. The van der Waals surface area contributed by atoms with Gasteiger partial charge in [-0.05, 0) is 44.6 Å². The second kappa shape index (κ2) is 16.9. The molecule has 10 nitrogen and oxygen atoms in total. The molecule has 1 aromatic rings.